The van der Waals surface area contributed by atoms with E-state index in [1.807, 2.05) is 21.1 Å². The van der Waals surface area contributed by atoms with Crippen LogP contribution >= 0.6 is 0 Å². The van der Waals surface area contributed by atoms with Crippen LogP contribution in [-0.2, 0) is 33.3 Å². The van der Waals surface area contributed by atoms with Gasteiger partial charge in [0.15, 0.2) is 12.4 Å². The smallest absolute Gasteiger partial charge is 0.306 e. The lowest BCUT2D eigenvalue weighted by Gasteiger charge is -2.26. The van der Waals surface area contributed by atoms with Crippen LogP contribution in [0.2, 0.25) is 0 Å². The molecule has 0 heterocycles. The number of quaternary nitrogens is 1. The van der Waals surface area contributed by atoms with Gasteiger partial charge < -0.3 is 33.3 Å². The Morgan fingerprint density at radius 2 is 0.593 bits per heavy atom. The van der Waals surface area contributed by atoms with Crippen molar-refractivity contribution in [2.75, 3.05) is 47.5 Å². The van der Waals surface area contributed by atoms with Gasteiger partial charge in [-0.15, -0.1) is 0 Å². The summed E-state index contributed by atoms with van der Waals surface area (Å²) < 4.78 is 22.8. The van der Waals surface area contributed by atoms with Crippen LogP contribution < -0.4 is 5.11 Å². The van der Waals surface area contributed by atoms with E-state index in [0.29, 0.717) is 17.4 Å². The highest BCUT2D eigenvalue weighted by Crippen LogP contribution is 2.15. The van der Waals surface area contributed by atoms with E-state index in [0.717, 1.165) is 154 Å². The predicted octanol–water partition coefficient (Wildman–Crippen LogP) is 21.2. The molecule has 0 N–H and O–H groups in total. The fourth-order valence-corrected chi connectivity index (χ4v) is 8.98. The Hall–Kier alpha value is -5.87. The van der Waals surface area contributed by atoms with Gasteiger partial charge in [0.2, 0.25) is 0 Å². The van der Waals surface area contributed by atoms with Crippen LogP contribution in [0.25, 0.3) is 0 Å². The third kappa shape index (κ3) is 71.4. The van der Waals surface area contributed by atoms with Crippen LogP contribution in [0.5, 0.6) is 0 Å². The Kier molecular flexibility index (Phi) is 65.5. The van der Waals surface area contributed by atoms with E-state index in [1.54, 1.807) is 0 Å². The van der Waals surface area contributed by atoms with Crippen LogP contribution in [0.4, 0.5) is 0 Å². The van der Waals surface area contributed by atoms with Crippen molar-refractivity contribution in [2.24, 2.45) is 0 Å². The first-order valence-corrected chi connectivity index (χ1v) is 35.6. The maximum Gasteiger partial charge on any atom is 0.306 e. The lowest BCUT2D eigenvalue weighted by molar-refractivity contribution is -0.870. The van der Waals surface area contributed by atoms with Crippen molar-refractivity contribution in [3.05, 3.63) is 194 Å². The first-order chi connectivity index (χ1) is 44.6. The van der Waals surface area contributed by atoms with E-state index in [1.165, 1.54) is 57.8 Å². The Morgan fingerprint density at radius 1 is 0.330 bits per heavy atom. The first kappa shape index (κ1) is 85.1. The second-order valence-corrected chi connectivity index (χ2v) is 24.1. The zero-order chi connectivity index (χ0) is 66.1. The number of hydrogen-bond donors (Lipinski definition) is 0. The molecule has 2 unspecified atom stereocenters. The average molecular weight is 1260 g/mol. The average Bonchev–Trinajstić information content (AvgIpc) is 3.46. The lowest BCUT2D eigenvalue weighted by Crippen LogP contribution is -2.44. The number of ether oxygens (including phenoxy) is 4. The van der Waals surface area contributed by atoms with Crippen LogP contribution in [-0.4, -0.2) is 82.3 Å². The number of hydrogen-bond acceptors (Lipinski definition) is 8. The maximum absolute atomic E-state index is 12.9. The topological polar surface area (TPSA) is 111 Å². The van der Waals surface area contributed by atoms with Gasteiger partial charge in [0.05, 0.1) is 40.3 Å². The summed E-state index contributed by atoms with van der Waals surface area (Å²) in [7, 11) is 5.91. The summed E-state index contributed by atoms with van der Waals surface area (Å²) in [6.07, 6.45) is 105. The molecular formula is C82H129NO8. The molecule has 91 heavy (non-hydrogen) atoms. The monoisotopic (exact) mass is 1260 g/mol. The van der Waals surface area contributed by atoms with Crippen LogP contribution in [0.3, 0.4) is 0 Å². The van der Waals surface area contributed by atoms with Gasteiger partial charge in [-0.3, -0.25) is 9.59 Å². The summed E-state index contributed by atoms with van der Waals surface area (Å²) >= 11 is 0. The molecule has 0 aliphatic rings. The number of unbranched alkanes of at least 4 members (excludes halogenated alkanes) is 16. The highest BCUT2D eigenvalue weighted by Gasteiger charge is 2.22. The van der Waals surface area contributed by atoms with Crippen LogP contribution in [0.15, 0.2) is 194 Å². The molecule has 0 aliphatic carbocycles. The molecule has 0 saturated carbocycles. The molecule has 0 aliphatic heterocycles. The molecule has 9 nitrogen and oxygen atoms in total. The molecule has 0 aromatic carbocycles. The fraction of sp³-hybridized carbons (Fsp3) is 0.573. The number of aliphatic carboxylic acids is 1. The molecule has 0 fully saturated rings. The third-order valence-electron chi connectivity index (χ3n) is 14.3. The van der Waals surface area contributed by atoms with E-state index in [2.05, 4.69) is 208 Å². The van der Waals surface area contributed by atoms with Crippen molar-refractivity contribution in [1.82, 2.24) is 0 Å². The second-order valence-electron chi connectivity index (χ2n) is 24.1. The molecule has 0 rings (SSSR count). The summed E-state index contributed by atoms with van der Waals surface area (Å²) in [5.41, 5.74) is 0. The summed E-state index contributed by atoms with van der Waals surface area (Å²) in [6, 6.07) is 0. The molecular weight excluding hydrogens is 1130 g/mol. The van der Waals surface area contributed by atoms with E-state index in [4.69, 9.17) is 18.9 Å². The van der Waals surface area contributed by atoms with Crippen molar-refractivity contribution in [1.29, 1.82) is 0 Å². The van der Waals surface area contributed by atoms with Gasteiger partial charge in [-0.05, 0) is 141 Å². The van der Waals surface area contributed by atoms with Gasteiger partial charge in [0.1, 0.15) is 13.2 Å². The maximum atomic E-state index is 12.9. The number of carboxylic acids is 1. The van der Waals surface area contributed by atoms with Gasteiger partial charge in [0, 0.05) is 12.8 Å². The minimum absolute atomic E-state index is 0.131. The molecule has 0 spiro atoms. The van der Waals surface area contributed by atoms with E-state index >= 15 is 0 Å². The molecule has 0 aromatic rings. The third-order valence-corrected chi connectivity index (χ3v) is 14.3. The lowest BCUT2D eigenvalue weighted by atomic mass is 10.0. The Labute approximate surface area is 557 Å². The molecule has 510 valence electrons. The number of carbonyl (C=O) groups excluding carboxylic acids is 3. The Balaban J connectivity index is 4.25. The minimum Gasteiger partial charge on any atom is -0.545 e. The quantitative estimate of drug-likeness (QED) is 0.0195. The molecule has 0 aromatic heterocycles. The highest BCUT2D eigenvalue weighted by molar-refractivity contribution is 5.70. The Morgan fingerprint density at radius 3 is 0.879 bits per heavy atom. The summed E-state index contributed by atoms with van der Waals surface area (Å²) in [5.74, 6) is -2.34. The fourth-order valence-electron chi connectivity index (χ4n) is 8.98. The van der Waals surface area contributed by atoms with Gasteiger partial charge >= 0.3 is 11.9 Å². The van der Waals surface area contributed by atoms with Crippen molar-refractivity contribution < 1.29 is 42.9 Å². The number of esters is 2. The van der Waals surface area contributed by atoms with Crippen molar-refractivity contribution in [3.8, 4) is 0 Å². The highest BCUT2D eigenvalue weighted by atomic mass is 16.7. The summed E-state index contributed by atoms with van der Waals surface area (Å²) in [4.78, 5) is 37.5. The number of likely N-dealkylation sites (N-methyl/N-ethyl adjacent to an activating group) is 1. The number of carbonyl (C=O) groups is 3. The second kappa shape index (κ2) is 70.0. The predicted molar refractivity (Wildman–Crippen MR) is 388 cm³/mol. The molecule has 0 saturated heterocycles. The van der Waals surface area contributed by atoms with Crippen molar-refractivity contribution in [3.63, 3.8) is 0 Å². The van der Waals surface area contributed by atoms with E-state index < -0.39 is 24.3 Å². The van der Waals surface area contributed by atoms with Gasteiger partial charge in [-0.1, -0.05) is 285 Å². The van der Waals surface area contributed by atoms with Crippen molar-refractivity contribution in [2.45, 2.75) is 257 Å². The minimum atomic E-state index is -1.64. The van der Waals surface area contributed by atoms with Gasteiger partial charge in [-0.25, -0.2) is 0 Å². The summed E-state index contributed by atoms with van der Waals surface area (Å²) in [5, 5.41) is 11.8. The number of carboxylic acid groups (broad SMARTS) is 1. The number of rotatable bonds is 63. The standard InChI is InChI=1S/C82H129NO8/c1-6-8-10-12-14-16-18-20-22-24-26-28-30-32-34-36-38-39-40-41-43-45-47-49-51-53-55-57-59-61-63-65-67-69-71-73-80(85)91-78(77-90-82(81(86)87)88-75-74-83(3,4)5)76-89-79(84)72-70-68-66-64-62-60-58-56-54-52-50-48-46-44-42-37-35-33-31-29-27-25-23-21-19-17-15-13-11-9-7-2/h8-11,14-17,20-23,26-29,32-35,38-39,41-44,47,49,53,55,59,61,78,82H,6-7,12-13,18-19,24-25,30-31,36-37,40,45-46,48,50-52,54,56-58,60,62-77H2,1-5H3/b10-8-,11-9-,16-14-,17-15-,22-20-,23-21-,28-26-,29-27-,34-32-,35-33-,39-38-,43-41-,44-42-,49-47-,55-53-,61-59-. The van der Waals surface area contributed by atoms with Crippen molar-refractivity contribution >= 4 is 17.9 Å². The normalized spacial score (nSPS) is 13.9. The van der Waals surface area contributed by atoms with Gasteiger partial charge in [-0.2, -0.15) is 0 Å². The molecule has 2 atom stereocenters. The first-order valence-electron chi connectivity index (χ1n) is 35.6. The summed E-state index contributed by atoms with van der Waals surface area (Å²) in [6.45, 7) is 4.47. The molecule has 0 radical (unpaired) electrons. The number of nitrogens with zero attached hydrogens (tertiary/aromatic N) is 1. The zero-order valence-corrected chi connectivity index (χ0v) is 58.1. The Bertz CT molecular complexity index is 2200. The van der Waals surface area contributed by atoms with E-state index in [-0.39, 0.29) is 38.6 Å². The number of allylic oxidation sites excluding steroid dienone is 32. The largest absolute Gasteiger partial charge is 0.545 e. The molecule has 0 bridgehead atoms. The SMILES string of the molecule is CC/C=C\C/C=C\C/C=C\C/C=C\C/C=C\C/C=C\C/C=C\C/C=C\C/C=C\C/C=C\CCCCCCC(=O)OC(COC(=O)CCCCCCCCCCCCCC/C=C\C/C=C\C/C=C\C/C=C\C/C=C\C/C=C\CC)COC(OCC[N+](C)(C)C)C(=O)[O-]. The van der Waals surface area contributed by atoms with E-state index in [9.17, 15) is 19.5 Å². The zero-order valence-electron chi connectivity index (χ0n) is 58.1. The van der Waals surface area contributed by atoms with Gasteiger partial charge in [0.25, 0.3) is 0 Å². The van der Waals surface area contributed by atoms with Crippen LogP contribution in [0.1, 0.15) is 245 Å². The molecule has 9 heteroatoms. The molecule has 0 amide bonds. The van der Waals surface area contributed by atoms with Crippen LogP contribution in [0, 0.1) is 0 Å².